The second kappa shape index (κ2) is 10.2. The SMILES string of the molecule is CCOc1cc([C@@H]2C(C(=O)OC)=C(C)NC3=C2C(=O)C[C@H](c2ccc(OC)cc2)C3)cc(Br)c1O. The standard InChI is InChI=1S/C27H28BrNO6/c1-5-35-22-13-17(10-19(28)26(22)31)24-23(27(32)34-4)14(2)29-20-11-16(12-21(30)25(20)24)15-6-8-18(33-3)9-7-15/h6-10,13,16,24,29,31H,5,11-12H2,1-4H3/t16-,24-/m1/s1. The summed E-state index contributed by atoms with van der Waals surface area (Å²) in [6, 6.07) is 11.2. The molecule has 1 heterocycles. The smallest absolute Gasteiger partial charge is 0.336 e. The number of carbonyl (C=O) groups is 2. The van der Waals surface area contributed by atoms with Crippen LogP contribution >= 0.6 is 15.9 Å². The van der Waals surface area contributed by atoms with Crippen LogP contribution in [0.3, 0.4) is 0 Å². The summed E-state index contributed by atoms with van der Waals surface area (Å²) in [6.07, 6.45) is 0.932. The van der Waals surface area contributed by atoms with Crippen molar-refractivity contribution in [3.8, 4) is 17.2 Å². The Balaban J connectivity index is 1.82. The van der Waals surface area contributed by atoms with Crippen molar-refractivity contribution < 1.29 is 28.9 Å². The molecule has 2 N–H and O–H groups in total. The molecule has 0 amide bonds. The van der Waals surface area contributed by atoms with E-state index in [-0.39, 0.29) is 23.2 Å². The van der Waals surface area contributed by atoms with E-state index in [9.17, 15) is 14.7 Å². The van der Waals surface area contributed by atoms with Gasteiger partial charge in [-0.1, -0.05) is 12.1 Å². The fourth-order valence-corrected chi connectivity index (χ4v) is 5.35. The number of hydrogen-bond donors (Lipinski definition) is 2. The van der Waals surface area contributed by atoms with E-state index in [0.29, 0.717) is 46.3 Å². The topological polar surface area (TPSA) is 94.1 Å². The van der Waals surface area contributed by atoms with Crippen LogP contribution in [0.1, 0.15) is 49.7 Å². The minimum Gasteiger partial charge on any atom is -0.503 e. The Kier molecular flexibility index (Phi) is 7.21. The van der Waals surface area contributed by atoms with Crippen molar-refractivity contribution in [1.82, 2.24) is 5.32 Å². The summed E-state index contributed by atoms with van der Waals surface area (Å²) in [6.45, 7) is 3.98. The molecule has 2 aliphatic rings. The summed E-state index contributed by atoms with van der Waals surface area (Å²) >= 11 is 3.39. The number of halogens is 1. The number of esters is 1. The zero-order chi connectivity index (χ0) is 25.3. The predicted molar refractivity (Wildman–Crippen MR) is 135 cm³/mol. The lowest BCUT2D eigenvalue weighted by atomic mass is 9.71. The molecule has 2 aromatic rings. The lowest BCUT2D eigenvalue weighted by molar-refractivity contribution is -0.136. The van der Waals surface area contributed by atoms with Gasteiger partial charge in [0.15, 0.2) is 17.3 Å². The van der Waals surface area contributed by atoms with Crippen LogP contribution in [0.5, 0.6) is 17.2 Å². The van der Waals surface area contributed by atoms with Gasteiger partial charge in [-0.05, 0) is 77.5 Å². The van der Waals surface area contributed by atoms with E-state index in [2.05, 4.69) is 21.2 Å². The van der Waals surface area contributed by atoms with Crippen LogP contribution in [0.15, 0.2) is 63.4 Å². The molecule has 0 aromatic heterocycles. The van der Waals surface area contributed by atoms with E-state index in [1.54, 1.807) is 19.2 Å². The first kappa shape index (κ1) is 24.9. The molecule has 0 spiro atoms. The summed E-state index contributed by atoms with van der Waals surface area (Å²) in [4.78, 5) is 26.5. The van der Waals surface area contributed by atoms with Gasteiger partial charge in [0.2, 0.25) is 0 Å². The minimum absolute atomic E-state index is 0.00155. The van der Waals surface area contributed by atoms with Crippen LogP contribution in [-0.4, -0.2) is 37.7 Å². The number of hydrogen-bond acceptors (Lipinski definition) is 7. The molecule has 35 heavy (non-hydrogen) atoms. The molecule has 0 radical (unpaired) electrons. The van der Waals surface area contributed by atoms with Crippen LogP contribution < -0.4 is 14.8 Å². The highest BCUT2D eigenvalue weighted by atomic mass is 79.9. The maximum Gasteiger partial charge on any atom is 0.336 e. The molecule has 1 aliphatic carbocycles. The van der Waals surface area contributed by atoms with Gasteiger partial charge in [-0.3, -0.25) is 4.79 Å². The van der Waals surface area contributed by atoms with Crippen molar-refractivity contribution in [2.75, 3.05) is 20.8 Å². The van der Waals surface area contributed by atoms with Crippen molar-refractivity contribution >= 4 is 27.7 Å². The number of phenols is 1. The summed E-state index contributed by atoms with van der Waals surface area (Å²) in [7, 11) is 2.94. The van der Waals surface area contributed by atoms with Crippen LogP contribution in [0.4, 0.5) is 0 Å². The Bertz CT molecular complexity index is 1230. The second-order valence-corrected chi connectivity index (χ2v) is 9.42. The zero-order valence-corrected chi connectivity index (χ0v) is 21.7. The highest BCUT2D eigenvalue weighted by Gasteiger charge is 2.41. The molecule has 2 aromatic carbocycles. The Morgan fingerprint density at radius 3 is 2.49 bits per heavy atom. The molecule has 7 nitrogen and oxygen atoms in total. The van der Waals surface area contributed by atoms with Crippen LogP contribution in [0.25, 0.3) is 0 Å². The van der Waals surface area contributed by atoms with Gasteiger partial charge >= 0.3 is 5.97 Å². The van der Waals surface area contributed by atoms with E-state index < -0.39 is 11.9 Å². The molecule has 0 unspecified atom stereocenters. The number of nitrogens with one attached hydrogen (secondary N) is 1. The van der Waals surface area contributed by atoms with E-state index in [1.165, 1.54) is 7.11 Å². The van der Waals surface area contributed by atoms with Crippen molar-refractivity contribution in [3.63, 3.8) is 0 Å². The van der Waals surface area contributed by atoms with E-state index >= 15 is 0 Å². The van der Waals surface area contributed by atoms with E-state index in [0.717, 1.165) is 17.0 Å². The lowest BCUT2D eigenvalue weighted by Gasteiger charge is -2.36. The summed E-state index contributed by atoms with van der Waals surface area (Å²) in [5.74, 6) is -0.208. The van der Waals surface area contributed by atoms with Crippen molar-refractivity contribution in [2.45, 2.75) is 38.5 Å². The molecule has 8 heteroatoms. The Labute approximate surface area is 212 Å². The average Bonchev–Trinajstić information content (AvgIpc) is 2.85. The van der Waals surface area contributed by atoms with Gasteiger partial charge in [0.25, 0.3) is 0 Å². The fourth-order valence-electron chi connectivity index (χ4n) is 4.89. The minimum atomic E-state index is -0.654. The van der Waals surface area contributed by atoms with Gasteiger partial charge in [0.1, 0.15) is 5.75 Å². The van der Waals surface area contributed by atoms with Gasteiger partial charge in [0.05, 0.1) is 30.9 Å². The van der Waals surface area contributed by atoms with Crippen LogP contribution in [0, 0.1) is 0 Å². The number of ether oxygens (including phenoxy) is 3. The number of methoxy groups -OCH3 is 2. The number of aromatic hydroxyl groups is 1. The molecule has 0 bridgehead atoms. The maximum absolute atomic E-state index is 13.7. The fraction of sp³-hybridized carbons (Fsp3) is 0.333. The Morgan fingerprint density at radius 1 is 1.14 bits per heavy atom. The Hall–Kier alpha value is -3.26. The quantitative estimate of drug-likeness (QED) is 0.491. The molecule has 0 fully saturated rings. The summed E-state index contributed by atoms with van der Waals surface area (Å²) < 4.78 is 16.4. The molecule has 0 saturated carbocycles. The number of dihydropyridines is 1. The third kappa shape index (κ3) is 4.67. The summed E-state index contributed by atoms with van der Waals surface area (Å²) in [5, 5.41) is 13.8. The molecular formula is C27H28BrNO6. The first-order chi connectivity index (χ1) is 16.8. The predicted octanol–water partition coefficient (Wildman–Crippen LogP) is 5.10. The third-order valence-corrected chi connectivity index (χ3v) is 7.11. The van der Waals surface area contributed by atoms with Gasteiger partial charge in [-0.25, -0.2) is 4.79 Å². The maximum atomic E-state index is 13.7. The van der Waals surface area contributed by atoms with E-state index in [4.69, 9.17) is 14.2 Å². The third-order valence-electron chi connectivity index (χ3n) is 6.50. The first-order valence-corrected chi connectivity index (χ1v) is 12.2. The number of rotatable bonds is 6. The van der Waals surface area contributed by atoms with Gasteiger partial charge in [-0.15, -0.1) is 0 Å². The van der Waals surface area contributed by atoms with Crippen molar-refractivity contribution in [2.24, 2.45) is 0 Å². The highest BCUT2D eigenvalue weighted by molar-refractivity contribution is 9.10. The van der Waals surface area contributed by atoms with Gasteiger partial charge in [-0.2, -0.15) is 0 Å². The normalized spacial score (nSPS) is 19.7. The van der Waals surface area contributed by atoms with Crippen LogP contribution in [-0.2, 0) is 14.3 Å². The molecule has 184 valence electrons. The average molecular weight is 542 g/mol. The number of carbonyl (C=O) groups excluding carboxylic acids is 2. The van der Waals surface area contributed by atoms with Gasteiger partial charge in [0, 0.05) is 29.3 Å². The molecular weight excluding hydrogens is 514 g/mol. The number of phenolic OH excluding ortho intramolecular Hbond substituents is 1. The first-order valence-electron chi connectivity index (χ1n) is 11.4. The van der Waals surface area contributed by atoms with Crippen molar-refractivity contribution in [1.29, 1.82) is 0 Å². The zero-order valence-electron chi connectivity index (χ0n) is 20.1. The number of Topliss-reactive ketones (excluding diaryl/α,β-unsaturated/α-hetero) is 1. The molecule has 1 aliphatic heterocycles. The second-order valence-electron chi connectivity index (χ2n) is 8.56. The molecule has 0 saturated heterocycles. The largest absolute Gasteiger partial charge is 0.503 e. The number of allylic oxidation sites excluding steroid dienone is 3. The highest BCUT2D eigenvalue weighted by Crippen LogP contribution is 2.48. The van der Waals surface area contributed by atoms with Crippen LogP contribution in [0.2, 0.25) is 0 Å². The Morgan fingerprint density at radius 2 is 1.86 bits per heavy atom. The summed E-state index contributed by atoms with van der Waals surface area (Å²) in [5.41, 5.74) is 4.03. The van der Waals surface area contributed by atoms with Crippen molar-refractivity contribution in [3.05, 3.63) is 74.5 Å². The number of benzene rings is 2. The van der Waals surface area contributed by atoms with Gasteiger partial charge < -0.3 is 24.6 Å². The lowest BCUT2D eigenvalue weighted by Crippen LogP contribution is -2.36. The van der Waals surface area contributed by atoms with E-state index in [1.807, 2.05) is 38.1 Å². The molecule has 4 rings (SSSR count). The molecule has 2 atom stereocenters. The number of ketones is 1. The monoisotopic (exact) mass is 541 g/mol.